The van der Waals surface area contributed by atoms with Gasteiger partial charge in [0, 0.05) is 28.7 Å². The molecule has 0 aliphatic carbocycles. The number of cyclic esters (lactones) is 1. The summed E-state index contributed by atoms with van der Waals surface area (Å²) in [4.78, 5) is 48.7. The average molecular weight is 456 g/mol. The highest BCUT2D eigenvalue weighted by atomic mass is 32.2. The summed E-state index contributed by atoms with van der Waals surface area (Å²) in [6, 6.07) is -1.17. The highest BCUT2D eigenvalue weighted by Crippen LogP contribution is 2.35. The van der Waals surface area contributed by atoms with Crippen molar-refractivity contribution in [3.8, 4) is 11.5 Å². The van der Waals surface area contributed by atoms with E-state index in [9.17, 15) is 24.3 Å². The fraction of sp³-hybridized carbons (Fsp3) is 0.474. The van der Waals surface area contributed by atoms with E-state index in [4.69, 9.17) is 19.3 Å². The number of nitrogens with one attached hydrogen (secondary N) is 2. The molecule has 2 rings (SSSR count). The summed E-state index contributed by atoms with van der Waals surface area (Å²) >= 11 is 1.17. The van der Waals surface area contributed by atoms with Gasteiger partial charge in [-0.15, -0.1) is 0 Å². The van der Waals surface area contributed by atoms with E-state index in [1.807, 2.05) is 5.32 Å². The largest absolute Gasteiger partial charge is 0.507 e. The maximum absolute atomic E-state index is 12.8. The molecule has 2 amide bonds. The van der Waals surface area contributed by atoms with E-state index < -0.39 is 42.6 Å². The van der Waals surface area contributed by atoms with Crippen molar-refractivity contribution in [3.63, 3.8) is 0 Å². The first-order valence-corrected chi connectivity index (χ1v) is 10.5. The molecule has 0 radical (unpaired) electrons. The number of phenols is 1. The Morgan fingerprint density at radius 2 is 2.10 bits per heavy atom. The van der Waals surface area contributed by atoms with Gasteiger partial charge in [-0.2, -0.15) is 11.8 Å². The summed E-state index contributed by atoms with van der Waals surface area (Å²) in [6.07, 6.45) is -1.51. The van der Waals surface area contributed by atoms with Gasteiger partial charge in [-0.05, 0) is 13.8 Å². The minimum atomic E-state index is -1.51. The van der Waals surface area contributed by atoms with E-state index in [1.165, 1.54) is 24.9 Å². The number of methoxy groups -OCH3 is 1. The third-order valence-corrected chi connectivity index (χ3v) is 5.52. The van der Waals surface area contributed by atoms with Crippen LogP contribution in [0.2, 0.25) is 0 Å². The number of esters is 2. The summed E-state index contributed by atoms with van der Waals surface area (Å²) in [6.45, 7) is 2.68. The lowest BCUT2D eigenvalue weighted by molar-refractivity contribution is -0.147. The minimum Gasteiger partial charge on any atom is -0.507 e. The van der Waals surface area contributed by atoms with Crippen molar-refractivity contribution in [2.75, 3.05) is 26.1 Å². The van der Waals surface area contributed by atoms with Crippen molar-refractivity contribution >= 4 is 35.7 Å². The van der Waals surface area contributed by atoms with Crippen molar-refractivity contribution in [1.29, 1.82) is 0 Å². The van der Waals surface area contributed by atoms with E-state index in [2.05, 4.69) is 5.32 Å². The topological polar surface area (TPSA) is 160 Å². The van der Waals surface area contributed by atoms with Gasteiger partial charge >= 0.3 is 18.0 Å². The predicted molar refractivity (Wildman–Crippen MR) is 109 cm³/mol. The zero-order chi connectivity index (χ0) is 23.1. The summed E-state index contributed by atoms with van der Waals surface area (Å²) < 4.78 is 15.4. The van der Waals surface area contributed by atoms with Crippen LogP contribution < -0.4 is 15.4 Å². The Labute approximate surface area is 182 Å². The fourth-order valence-electron chi connectivity index (χ4n) is 2.96. The molecule has 0 fully saturated rings. The molecule has 0 unspecified atom stereocenters. The van der Waals surface area contributed by atoms with Gasteiger partial charge < -0.3 is 35.1 Å². The molecule has 1 aromatic rings. The number of hydrogen-bond acceptors (Lipinski definition) is 9. The lowest BCUT2D eigenvalue weighted by atomic mass is 10.0. The molecule has 11 nitrogen and oxygen atoms in total. The van der Waals surface area contributed by atoms with Gasteiger partial charge in [0.25, 0.3) is 0 Å². The van der Waals surface area contributed by atoms with Crippen molar-refractivity contribution in [2.45, 2.75) is 31.7 Å². The SMILES string of the molecule is CCOC(=O)[C@@H]1CSCc2c(O)cc(OC)c(C)c2C(=O)OC[C@H](NC(=O)O)C(=O)N1. The van der Waals surface area contributed by atoms with Crippen molar-refractivity contribution in [3.05, 3.63) is 22.8 Å². The van der Waals surface area contributed by atoms with Crippen LogP contribution in [0, 0.1) is 6.92 Å². The lowest BCUT2D eigenvalue weighted by Gasteiger charge is -2.23. The molecular formula is C19H24N2O9S. The van der Waals surface area contributed by atoms with E-state index >= 15 is 0 Å². The Morgan fingerprint density at radius 3 is 2.71 bits per heavy atom. The van der Waals surface area contributed by atoms with Crippen LogP contribution in [-0.2, 0) is 24.8 Å². The van der Waals surface area contributed by atoms with Gasteiger partial charge in [0.15, 0.2) is 0 Å². The van der Waals surface area contributed by atoms with Crippen LogP contribution in [0.3, 0.4) is 0 Å². The number of thioether (sulfide) groups is 1. The van der Waals surface area contributed by atoms with Crippen LogP contribution >= 0.6 is 11.8 Å². The molecule has 1 heterocycles. The number of carbonyl (C=O) groups is 4. The number of amides is 2. The second-order valence-electron chi connectivity index (χ2n) is 6.51. The zero-order valence-corrected chi connectivity index (χ0v) is 18.0. The van der Waals surface area contributed by atoms with Crippen LogP contribution in [0.1, 0.15) is 28.4 Å². The number of benzene rings is 1. The van der Waals surface area contributed by atoms with Crippen LogP contribution in [-0.4, -0.2) is 72.3 Å². The Hall–Kier alpha value is -3.15. The molecule has 1 aromatic carbocycles. The Balaban J connectivity index is 2.47. The molecule has 0 aromatic heterocycles. The first-order chi connectivity index (χ1) is 14.7. The molecule has 4 N–H and O–H groups in total. The second kappa shape index (κ2) is 10.8. The maximum Gasteiger partial charge on any atom is 0.405 e. The van der Waals surface area contributed by atoms with Gasteiger partial charge in [0.2, 0.25) is 5.91 Å². The standard InChI is InChI=1S/C19H24N2O9S/c1-4-29-17(24)12-8-31-7-10-13(22)5-14(28-3)9(2)15(10)18(25)30-6-11(16(23)20-12)21-19(26)27/h5,11-12,21-22H,4,6-8H2,1-3H3,(H,20,23)(H,26,27)/t11-,12-/m0/s1. The maximum atomic E-state index is 12.8. The third-order valence-electron chi connectivity index (χ3n) is 4.46. The number of phenolic OH excluding ortho intramolecular Hbond substituents is 1. The molecule has 12 heteroatoms. The van der Waals surface area contributed by atoms with Crippen LogP contribution in [0.5, 0.6) is 11.5 Å². The molecular weight excluding hydrogens is 432 g/mol. The molecule has 0 saturated heterocycles. The van der Waals surface area contributed by atoms with Crippen LogP contribution in [0.25, 0.3) is 0 Å². The molecule has 1 aliphatic heterocycles. The summed E-state index contributed by atoms with van der Waals surface area (Å²) in [7, 11) is 1.38. The van der Waals surface area contributed by atoms with E-state index in [-0.39, 0.29) is 40.7 Å². The van der Waals surface area contributed by atoms with Gasteiger partial charge in [0.05, 0.1) is 19.3 Å². The Bertz CT molecular complexity index is 874. The van der Waals surface area contributed by atoms with E-state index in [0.29, 0.717) is 5.56 Å². The average Bonchev–Trinajstić information content (AvgIpc) is 2.71. The summed E-state index contributed by atoms with van der Waals surface area (Å²) in [5, 5.41) is 23.8. The summed E-state index contributed by atoms with van der Waals surface area (Å²) in [5.74, 6) is -2.15. The predicted octanol–water partition coefficient (Wildman–Crippen LogP) is 0.797. The number of ether oxygens (including phenoxy) is 3. The Kier molecular flexibility index (Phi) is 8.37. The zero-order valence-electron chi connectivity index (χ0n) is 17.2. The highest BCUT2D eigenvalue weighted by Gasteiger charge is 2.31. The van der Waals surface area contributed by atoms with Gasteiger partial charge in [-0.1, -0.05) is 0 Å². The number of fused-ring (bicyclic) bond motifs is 1. The van der Waals surface area contributed by atoms with Gasteiger partial charge in [-0.3, -0.25) is 4.79 Å². The normalized spacial score (nSPS) is 19.6. The molecule has 170 valence electrons. The molecule has 1 aliphatic rings. The quantitative estimate of drug-likeness (QED) is 0.477. The molecule has 2 atom stereocenters. The van der Waals surface area contributed by atoms with Gasteiger partial charge in [0.1, 0.15) is 30.2 Å². The number of carboxylic acid groups (broad SMARTS) is 1. The molecule has 31 heavy (non-hydrogen) atoms. The number of hydrogen-bond donors (Lipinski definition) is 4. The summed E-state index contributed by atoms with van der Waals surface area (Å²) in [5.41, 5.74) is 0.727. The first kappa shape index (κ1) is 24.1. The van der Waals surface area contributed by atoms with Crippen LogP contribution in [0.4, 0.5) is 4.79 Å². The number of aromatic hydroxyl groups is 1. The van der Waals surface area contributed by atoms with Crippen LogP contribution in [0.15, 0.2) is 6.07 Å². The molecule has 0 spiro atoms. The number of carbonyl (C=O) groups excluding carboxylic acids is 3. The third kappa shape index (κ3) is 5.94. The van der Waals surface area contributed by atoms with E-state index in [1.54, 1.807) is 13.8 Å². The van der Waals surface area contributed by atoms with Crippen molar-refractivity contribution in [1.82, 2.24) is 10.6 Å². The fourth-order valence-corrected chi connectivity index (χ4v) is 4.03. The Morgan fingerprint density at radius 1 is 1.39 bits per heavy atom. The molecule has 0 saturated carbocycles. The minimum absolute atomic E-state index is 0.0482. The monoisotopic (exact) mass is 456 g/mol. The smallest absolute Gasteiger partial charge is 0.405 e. The highest BCUT2D eigenvalue weighted by molar-refractivity contribution is 7.98. The number of rotatable bonds is 4. The van der Waals surface area contributed by atoms with Gasteiger partial charge in [-0.25, -0.2) is 14.4 Å². The molecule has 0 bridgehead atoms. The van der Waals surface area contributed by atoms with Crippen molar-refractivity contribution in [2.24, 2.45) is 0 Å². The van der Waals surface area contributed by atoms with E-state index in [0.717, 1.165) is 0 Å². The second-order valence-corrected chi connectivity index (χ2v) is 7.54. The first-order valence-electron chi connectivity index (χ1n) is 9.30. The van der Waals surface area contributed by atoms with Crippen molar-refractivity contribution < 1.29 is 43.6 Å². The lowest BCUT2D eigenvalue weighted by Crippen LogP contribution is -2.54.